The Bertz CT molecular complexity index is 496. The van der Waals surface area contributed by atoms with Gasteiger partial charge in [0.2, 0.25) is 0 Å². The lowest BCUT2D eigenvalue weighted by Gasteiger charge is -2.32. The summed E-state index contributed by atoms with van der Waals surface area (Å²) in [6, 6.07) is 2.51. The fourth-order valence-electron chi connectivity index (χ4n) is 2.12. The third-order valence-corrected chi connectivity index (χ3v) is 3.90. The monoisotopic (exact) mass is 264 g/mol. The van der Waals surface area contributed by atoms with Gasteiger partial charge < -0.3 is 9.84 Å². The Balaban J connectivity index is 1.70. The average molecular weight is 264 g/mol. The molecule has 2 aromatic heterocycles. The van der Waals surface area contributed by atoms with E-state index in [1.165, 1.54) is 0 Å². The summed E-state index contributed by atoms with van der Waals surface area (Å²) in [5.41, 5.74) is 1.01. The average Bonchev–Trinajstić information content (AvgIpc) is 3.02. The lowest BCUT2D eigenvalue weighted by molar-refractivity contribution is 0.160. The van der Waals surface area contributed by atoms with E-state index in [-0.39, 0.29) is 0 Å². The molecule has 1 aliphatic rings. The summed E-state index contributed by atoms with van der Waals surface area (Å²) in [6.07, 6.45) is 0. The van der Waals surface area contributed by atoms with E-state index in [2.05, 4.69) is 27.3 Å². The van der Waals surface area contributed by atoms with Crippen molar-refractivity contribution in [3.63, 3.8) is 0 Å². The molecule has 0 radical (unpaired) electrons. The zero-order valence-corrected chi connectivity index (χ0v) is 11.1. The maximum atomic E-state index is 5.29. The maximum Gasteiger partial charge on any atom is 0.258 e. The van der Waals surface area contributed by atoms with Crippen molar-refractivity contribution in [2.24, 2.45) is 0 Å². The molecular formula is C12H16N4OS. The molecule has 1 saturated heterocycles. The minimum Gasteiger partial charge on any atom is -0.334 e. The Labute approximate surface area is 110 Å². The van der Waals surface area contributed by atoms with Gasteiger partial charge in [0.15, 0.2) is 5.82 Å². The molecule has 0 bridgehead atoms. The predicted molar refractivity (Wildman–Crippen MR) is 70.4 cm³/mol. The minimum atomic E-state index is 0.516. The second-order valence-electron chi connectivity index (χ2n) is 4.55. The van der Waals surface area contributed by atoms with Crippen LogP contribution < -0.4 is 5.32 Å². The van der Waals surface area contributed by atoms with Gasteiger partial charge in [-0.25, -0.2) is 0 Å². The first kappa shape index (κ1) is 11.8. The fraction of sp³-hybridized carbons (Fsp3) is 0.500. The lowest BCUT2D eigenvalue weighted by Crippen LogP contribution is -2.49. The quantitative estimate of drug-likeness (QED) is 0.912. The van der Waals surface area contributed by atoms with Crippen LogP contribution in [0.15, 0.2) is 21.3 Å². The number of hydrogen-bond acceptors (Lipinski definition) is 6. The van der Waals surface area contributed by atoms with Crippen molar-refractivity contribution in [1.82, 2.24) is 20.4 Å². The highest BCUT2D eigenvalue weighted by Gasteiger charge is 2.20. The van der Waals surface area contributed by atoms with Gasteiger partial charge in [0, 0.05) is 31.1 Å². The molecule has 96 valence electrons. The van der Waals surface area contributed by atoms with Gasteiger partial charge in [-0.2, -0.15) is 16.3 Å². The number of rotatable bonds is 3. The zero-order valence-electron chi connectivity index (χ0n) is 10.3. The van der Waals surface area contributed by atoms with Crippen molar-refractivity contribution >= 4 is 11.3 Å². The van der Waals surface area contributed by atoms with Gasteiger partial charge in [-0.15, -0.1) is 0 Å². The molecule has 0 aliphatic carbocycles. The van der Waals surface area contributed by atoms with Crippen LogP contribution in [0.1, 0.15) is 12.7 Å². The summed E-state index contributed by atoms with van der Waals surface area (Å²) in [6.45, 7) is 6.06. The molecule has 3 heterocycles. The second-order valence-corrected chi connectivity index (χ2v) is 5.33. The van der Waals surface area contributed by atoms with E-state index >= 15 is 0 Å². The van der Waals surface area contributed by atoms with Crippen LogP contribution in [0.4, 0.5) is 0 Å². The van der Waals surface area contributed by atoms with Crippen LogP contribution in [0.2, 0.25) is 0 Å². The number of nitrogens with zero attached hydrogens (tertiary/aromatic N) is 3. The Morgan fingerprint density at radius 1 is 1.61 bits per heavy atom. The lowest BCUT2D eigenvalue weighted by atomic mass is 10.2. The second kappa shape index (κ2) is 5.17. The molecule has 2 aromatic rings. The first-order chi connectivity index (χ1) is 8.83. The van der Waals surface area contributed by atoms with E-state index < -0.39 is 0 Å². The highest BCUT2D eigenvalue weighted by molar-refractivity contribution is 7.08. The van der Waals surface area contributed by atoms with E-state index in [1.807, 2.05) is 16.8 Å². The van der Waals surface area contributed by atoms with Crippen molar-refractivity contribution in [2.75, 3.05) is 19.6 Å². The first-order valence-corrected chi connectivity index (χ1v) is 7.07. The Morgan fingerprint density at radius 3 is 3.33 bits per heavy atom. The van der Waals surface area contributed by atoms with Crippen LogP contribution in [-0.2, 0) is 6.54 Å². The molecular weight excluding hydrogens is 248 g/mol. The number of thiophene rings is 1. The van der Waals surface area contributed by atoms with E-state index in [1.54, 1.807) is 11.3 Å². The van der Waals surface area contributed by atoms with Gasteiger partial charge in [0.05, 0.1) is 12.1 Å². The summed E-state index contributed by atoms with van der Waals surface area (Å²) in [4.78, 5) is 6.82. The summed E-state index contributed by atoms with van der Waals surface area (Å²) in [5, 5.41) is 11.5. The molecule has 0 saturated carbocycles. The van der Waals surface area contributed by atoms with Crippen molar-refractivity contribution in [1.29, 1.82) is 0 Å². The Morgan fingerprint density at radius 2 is 2.56 bits per heavy atom. The molecule has 1 atom stereocenters. The zero-order chi connectivity index (χ0) is 12.4. The van der Waals surface area contributed by atoms with E-state index in [0.717, 1.165) is 37.6 Å². The minimum absolute atomic E-state index is 0.516. The number of nitrogens with one attached hydrogen (secondary N) is 1. The van der Waals surface area contributed by atoms with Gasteiger partial charge in [0.1, 0.15) is 0 Å². The largest absolute Gasteiger partial charge is 0.334 e. The smallest absolute Gasteiger partial charge is 0.258 e. The number of aromatic nitrogens is 2. The Kier molecular flexibility index (Phi) is 3.40. The van der Waals surface area contributed by atoms with Crippen LogP contribution in [0.5, 0.6) is 0 Å². The van der Waals surface area contributed by atoms with Crippen molar-refractivity contribution in [3.05, 3.63) is 22.7 Å². The van der Waals surface area contributed by atoms with Crippen LogP contribution >= 0.6 is 11.3 Å². The van der Waals surface area contributed by atoms with Crippen LogP contribution in [0.3, 0.4) is 0 Å². The van der Waals surface area contributed by atoms with Crippen molar-refractivity contribution in [3.8, 4) is 11.5 Å². The third-order valence-electron chi connectivity index (χ3n) is 3.22. The molecule has 1 aliphatic heterocycles. The molecule has 6 heteroatoms. The number of hydrogen-bond donors (Lipinski definition) is 1. The van der Waals surface area contributed by atoms with Gasteiger partial charge >= 0.3 is 0 Å². The van der Waals surface area contributed by atoms with Crippen LogP contribution in [-0.4, -0.2) is 40.7 Å². The van der Waals surface area contributed by atoms with Gasteiger partial charge in [-0.3, -0.25) is 4.90 Å². The maximum absolute atomic E-state index is 5.29. The Hall–Kier alpha value is -1.24. The van der Waals surface area contributed by atoms with Gasteiger partial charge in [-0.1, -0.05) is 5.16 Å². The molecule has 1 unspecified atom stereocenters. The molecule has 0 amide bonds. The topological polar surface area (TPSA) is 54.2 Å². The summed E-state index contributed by atoms with van der Waals surface area (Å²) in [7, 11) is 0. The SMILES string of the molecule is CC1CNCCN1Cc1noc(-c2ccsc2)n1. The highest BCUT2D eigenvalue weighted by Crippen LogP contribution is 2.20. The van der Waals surface area contributed by atoms with Gasteiger partial charge in [-0.05, 0) is 18.4 Å². The molecule has 3 rings (SSSR count). The fourth-order valence-corrected chi connectivity index (χ4v) is 2.75. The molecule has 18 heavy (non-hydrogen) atoms. The first-order valence-electron chi connectivity index (χ1n) is 6.13. The molecule has 0 spiro atoms. The van der Waals surface area contributed by atoms with Gasteiger partial charge in [0.25, 0.3) is 5.89 Å². The van der Waals surface area contributed by atoms with Crippen molar-refractivity contribution in [2.45, 2.75) is 19.5 Å². The summed E-state index contributed by atoms with van der Waals surface area (Å²) >= 11 is 1.63. The number of piperazine rings is 1. The summed E-state index contributed by atoms with van der Waals surface area (Å²) < 4.78 is 5.29. The van der Waals surface area contributed by atoms with Crippen LogP contribution in [0, 0.1) is 0 Å². The molecule has 5 nitrogen and oxygen atoms in total. The third kappa shape index (κ3) is 2.45. The van der Waals surface area contributed by atoms with E-state index in [0.29, 0.717) is 11.9 Å². The normalized spacial score (nSPS) is 21.3. The van der Waals surface area contributed by atoms with E-state index in [9.17, 15) is 0 Å². The van der Waals surface area contributed by atoms with Crippen molar-refractivity contribution < 1.29 is 4.52 Å². The van der Waals surface area contributed by atoms with Crippen LogP contribution in [0.25, 0.3) is 11.5 Å². The molecule has 1 fully saturated rings. The highest BCUT2D eigenvalue weighted by atomic mass is 32.1. The standard InChI is InChI=1S/C12H16N4OS/c1-9-6-13-3-4-16(9)7-11-14-12(17-15-11)10-2-5-18-8-10/h2,5,8-9,13H,3-4,6-7H2,1H3. The van der Waals surface area contributed by atoms with E-state index in [4.69, 9.17) is 4.52 Å². The summed E-state index contributed by atoms with van der Waals surface area (Å²) in [5.74, 6) is 1.39. The predicted octanol–water partition coefficient (Wildman–Crippen LogP) is 1.59. The molecule has 0 aromatic carbocycles. The molecule has 1 N–H and O–H groups in total.